The highest BCUT2D eigenvalue weighted by Crippen LogP contribution is 2.27. The third-order valence-corrected chi connectivity index (χ3v) is 3.09. The lowest BCUT2D eigenvalue weighted by Crippen LogP contribution is -2.00. The molecule has 2 nitrogen and oxygen atoms in total. The SMILES string of the molecule is Cc1cc(F)c(Cl)c(CCCC(=O)O)c1C. The van der Waals surface area contributed by atoms with Crippen molar-refractivity contribution in [2.45, 2.75) is 33.1 Å². The first-order valence-electron chi connectivity index (χ1n) is 5.09. The lowest BCUT2D eigenvalue weighted by atomic mass is 9.98. The van der Waals surface area contributed by atoms with Crippen molar-refractivity contribution in [3.63, 3.8) is 0 Å². The molecule has 1 N–H and O–H groups in total. The van der Waals surface area contributed by atoms with Gasteiger partial charge in [-0.1, -0.05) is 11.6 Å². The van der Waals surface area contributed by atoms with Gasteiger partial charge in [-0.2, -0.15) is 0 Å². The number of rotatable bonds is 4. The van der Waals surface area contributed by atoms with E-state index in [1.807, 2.05) is 13.8 Å². The molecule has 4 heteroatoms. The maximum absolute atomic E-state index is 13.4. The van der Waals surface area contributed by atoms with Crippen LogP contribution in [0, 0.1) is 19.7 Å². The monoisotopic (exact) mass is 244 g/mol. The standard InChI is InChI=1S/C12H14ClFO2/c1-7-6-10(14)12(13)9(8(7)2)4-3-5-11(15)16/h6H,3-5H2,1-2H3,(H,15,16). The number of carboxylic acids is 1. The summed E-state index contributed by atoms with van der Waals surface area (Å²) in [7, 11) is 0. The molecule has 0 aliphatic rings. The molecule has 0 saturated carbocycles. The lowest BCUT2D eigenvalue weighted by Gasteiger charge is -2.11. The first-order chi connectivity index (χ1) is 7.43. The molecule has 0 fully saturated rings. The fourth-order valence-corrected chi connectivity index (χ4v) is 1.91. The Hall–Kier alpha value is -1.09. The Kier molecular flexibility index (Phi) is 4.30. The summed E-state index contributed by atoms with van der Waals surface area (Å²) in [4.78, 5) is 10.4. The summed E-state index contributed by atoms with van der Waals surface area (Å²) in [6, 6.07) is 1.40. The molecule has 16 heavy (non-hydrogen) atoms. The molecule has 0 saturated heterocycles. The predicted molar refractivity (Wildman–Crippen MR) is 61.5 cm³/mol. The summed E-state index contributed by atoms with van der Waals surface area (Å²) >= 11 is 5.86. The minimum absolute atomic E-state index is 0.0747. The Balaban J connectivity index is 2.90. The Morgan fingerprint density at radius 2 is 2.12 bits per heavy atom. The molecule has 0 radical (unpaired) electrons. The fourth-order valence-electron chi connectivity index (χ4n) is 1.62. The third-order valence-electron chi connectivity index (χ3n) is 2.68. The van der Waals surface area contributed by atoms with E-state index >= 15 is 0 Å². The van der Waals surface area contributed by atoms with E-state index < -0.39 is 11.8 Å². The van der Waals surface area contributed by atoms with Gasteiger partial charge < -0.3 is 5.11 Å². The summed E-state index contributed by atoms with van der Waals surface area (Å²) in [6.07, 6.45) is 1.04. The zero-order valence-corrected chi connectivity index (χ0v) is 10.1. The number of aryl methyl sites for hydroxylation is 1. The Bertz CT molecular complexity index is 390. The fraction of sp³-hybridized carbons (Fsp3) is 0.417. The van der Waals surface area contributed by atoms with Crippen molar-refractivity contribution in [1.29, 1.82) is 0 Å². The number of benzene rings is 1. The van der Waals surface area contributed by atoms with Gasteiger partial charge >= 0.3 is 5.97 Å². The van der Waals surface area contributed by atoms with E-state index in [2.05, 4.69) is 0 Å². The lowest BCUT2D eigenvalue weighted by molar-refractivity contribution is -0.137. The largest absolute Gasteiger partial charge is 0.481 e. The first-order valence-corrected chi connectivity index (χ1v) is 5.47. The third kappa shape index (κ3) is 2.95. The van der Waals surface area contributed by atoms with Gasteiger partial charge in [0.05, 0.1) is 5.02 Å². The highest BCUT2D eigenvalue weighted by atomic mass is 35.5. The normalized spacial score (nSPS) is 10.5. The van der Waals surface area contributed by atoms with Crippen LogP contribution >= 0.6 is 11.6 Å². The van der Waals surface area contributed by atoms with Crippen LogP contribution in [0.25, 0.3) is 0 Å². The van der Waals surface area contributed by atoms with Crippen LogP contribution in [0.1, 0.15) is 29.5 Å². The number of carbonyl (C=O) groups is 1. The average Bonchev–Trinajstić information content (AvgIpc) is 2.20. The second kappa shape index (κ2) is 5.30. The maximum atomic E-state index is 13.4. The van der Waals surface area contributed by atoms with Crippen molar-refractivity contribution in [1.82, 2.24) is 0 Å². The minimum atomic E-state index is -0.845. The van der Waals surface area contributed by atoms with Crippen LogP contribution in [0.4, 0.5) is 4.39 Å². The number of hydrogen-bond acceptors (Lipinski definition) is 1. The molecule has 0 aliphatic carbocycles. The Morgan fingerprint density at radius 3 is 2.69 bits per heavy atom. The highest BCUT2D eigenvalue weighted by Gasteiger charge is 2.12. The Morgan fingerprint density at radius 1 is 1.50 bits per heavy atom. The van der Waals surface area contributed by atoms with Crippen LogP contribution in [0.15, 0.2) is 6.07 Å². The summed E-state index contributed by atoms with van der Waals surface area (Å²) in [5.41, 5.74) is 2.50. The molecule has 1 rings (SSSR count). The van der Waals surface area contributed by atoms with Crippen LogP contribution in [-0.2, 0) is 11.2 Å². The number of carboxylic acid groups (broad SMARTS) is 1. The van der Waals surface area contributed by atoms with Gasteiger partial charge in [0.15, 0.2) is 0 Å². The summed E-state index contributed by atoms with van der Waals surface area (Å²) in [5.74, 6) is -1.28. The molecule has 0 aromatic heterocycles. The molecule has 0 spiro atoms. The van der Waals surface area contributed by atoms with Crippen molar-refractivity contribution >= 4 is 17.6 Å². The Labute approximate surface area is 99.0 Å². The molecule has 88 valence electrons. The molecule has 0 unspecified atom stereocenters. The van der Waals surface area contributed by atoms with E-state index in [0.717, 1.165) is 16.7 Å². The molecule has 1 aromatic carbocycles. The van der Waals surface area contributed by atoms with Crippen molar-refractivity contribution < 1.29 is 14.3 Å². The van der Waals surface area contributed by atoms with Gasteiger partial charge in [-0.05, 0) is 49.4 Å². The van der Waals surface area contributed by atoms with Gasteiger partial charge in [-0.3, -0.25) is 4.79 Å². The summed E-state index contributed by atoms with van der Waals surface area (Å²) in [6.45, 7) is 3.69. The number of aliphatic carboxylic acids is 1. The number of halogens is 2. The van der Waals surface area contributed by atoms with Gasteiger partial charge in [0, 0.05) is 6.42 Å². The van der Waals surface area contributed by atoms with Crippen LogP contribution in [0.2, 0.25) is 5.02 Å². The zero-order valence-electron chi connectivity index (χ0n) is 9.31. The van der Waals surface area contributed by atoms with Crippen molar-refractivity contribution in [2.24, 2.45) is 0 Å². The molecular weight excluding hydrogens is 231 g/mol. The molecular formula is C12H14ClFO2. The van der Waals surface area contributed by atoms with Gasteiger partial charge in [0.2, 0.25) is 0 Å². The molecule has 0 amide bonds. The summed E-state index contributed by atoms with van der Waals surface area (Å²) in [5, 5.41) is 8.65. The van der Waals surface area contributed by atoms with Gasteiger partial charge in [0.25, 0.3) is 0 Å². The van der Waals surface area contributed by atoms with Crippen molar-refractivity contribution in [3.05, 3.63) is 33.6 Å². The number of hydrogen-bond donors (Lipinski definition) is 1. The van der Waals surface area contributed by atoms with Gasteiger partial charge in [-0.15, -0.1) is 0 Å². The smallest absolute Gasteiger partial charge is 0.303 e. The average molecular weight is 245 g/mol. The van der Waals surface area contributed by atoms with E-state index in [1.54, 1.807) is 0 Å². The van der Waals surface area contributed by atoms with Crippen LogP contribution < -0.4 is 0 Å². The second-order valence-corrected chi connectivity index (χ2v) is 4.22. The van der Waals surface area contributed by atoms with Crippen LogP contribution in [0.3, 0.4) is 0 Å². The van der Waals surface area contributed by atoms with E-state index in [4.69, 9.17) is 16.7 Å². The second-order valence-electron chi connectivity index (χ2n) is 3.84. The van der Waals surface area contributed by atoms with E-state index in [9.17, 15) is 9.18 Å². The van der Waals surface area contributed by atoms with Crippen LogP contribution in [-0.4, -0.2) is 11.1 Å². The predicted octanol–water partition coefficient (Wildman–Crippen LogP) is 3.50. The maximum Gasteiger partial charge on any atom is 0.303 e. The van der Waals surface area contributed by atoms with Gasteiger partial charge in [-0.25, -0.2) is 4.39 Å². The summed E-state index contributed by atoms with van der Waals surface area (Å²) < 4.78 is 13.4. The molecule has 0 atom stereocenters. The van der Waals surface area contributed by atoms with Crippen molar-refractivity contribution in [3.8, 4) is 0 Å². The molecule has 1 aromatic rings. The minimum Gasteiger partial charge on any atom is -0.481 e. The van der Waals surface area contributed by atoms with E-state index in [-0.39, 0.29) is 11.4 Å². The van der Waals surface area contributed by atoms with Crippen molar-refractivity contribution in [2.75, 3.05) is 0 Å². The molecule has 0 aliphatic heterocycles. The topological polar surface area (TPSA) is 37.3 Å². The first kappa shape index (κ1) is 13.0. The molecule has 0 bridgehead atoms. The van der Waals surface area contributed by atoms with Crippen LogP contribution in [0.5, 0.6) is 0 Å². The van der Waals surface area contributed by atoms with E-state index in [0.29, 0.717) is 12.8 Å². The zero-order chi connectivity index (χ0) is 12.3. The quantitative estimate of drug-likeness (QED) is 0.880. The van der Waals surface area contributed by atoms with E-state index in [1.165, 1.54) is 6.07 Å². The molecule has 0 heterocycles. The van der Waals surface area contributed by atoms with Gasteiger partial charge in [0.1, 0.15) is 5.82 Å². The highest BCUT2D eigenvalue weighted by molar-refractivity contribution is 6.31.